The number of benzene rings is 1. The Kier molecular flexibility index (Phi) is 2.97. The molecule has 2 aromatic rings. The Morgan fingerprint density at radius 3 is 2.83 bits per heavy atom. The van der Waals surface area contributed by atoms with Gasteiger partial charge in [-0.15, -0.1) is 0 Å². The summed E-state index contributed by atoms with van der Waals surface area (Å²) in [7, 11) is 0. The molecule has 3 nitrogen and oxygen atoms in total. The van der Waals surface area contributed by atoms with Crippen LogP contribution < -0.4 is 5.32 Å². The van der Waals surface area contributed by atoms with Crippen molar-refractivity contribution < 1.29 is 4.79 Å². The number of nitrogens with zero attached hydrogens (tertiary/aromatic N) is 1. The fourth-order valence-electron chi connectivity index (χ4n) is 2.59. The predicted octanol–water partition coefficient (Wildman–Crippen LogP) is 3.36. The third-order valence-electron chi connectivity index (χ3n) is 3.63. The minimum Gasteiger partial charge on any atom is -0.326 e. The van der Waals surface area contributed by atoms with Gasteiger partial charge in [-0.1, -0.05) is 18.9 Å². The number of aromatic nitrogens is 1. The van der Waals surface area contributed by atoms with Gasteiger partial charge in [-0.3, -0.25) is 9.78 Å². The van der Waals surface area contributed by atoms with Gasteiger partial charge in [0.05, 0.1) is 0 Å². The average Bonchev–Trinajstić information content (AvgIpc) is 2.92. The van der Waals surface area contributed by atoms with E-state index in [4.69, 9.17) is 0 Å². The molecule has 92 valence electrons. The Bertz CT molecular complexity index is 573. The summed E-state index contributed by atoms with van der Waals surface area (Å²) in [5.74, 6) is 0.374. The van der Waals surface area contributed by atoms with E-state index in [2.05, 4.69) is 10.3 Å². The molecule has 3 heteroatoms. The van der Waals surface area contributed by atoms with Gasteiger partial charge in [-0.2, -0.15) is 0 Å². The van der Waals surface area contributed by atoms with Crippen LogP contribution in [0, 0.1) is 5.92 Å². The standard InChI is InChI=1S/C15H16N2O/c18-15(11-3-1-2-4-11)17-14-6-5-13-10-16-8-7-12(13)9-14/h5-11H,1-4H2,(H,17,18). The van der Waals surface area contributed by atoms with E-state index in [1.54, 1.807) is 6.20 Å². The van der Waals surface area contributed by atoms with E-state index >= 15 is 0 Å². The second kappa shape index (κ2) is 4.77. The zero-order chi connectivity index (χ0) is 12.4. The van der Waals surface area contributed by atoms with Gasteiger partial charge in [0.25, 0.3) is 0 Å². The lowest BCUT2D eigenvalue weighted by Crippen LogP contribution is -2.20. The second-order valence-corrected chi connectivity index (χ2v) is 4.91. The molecule has 1 N–H and O–H groups in total. The highest BCUT2D eigenvalue weighted by Gasteiger charge is 2.22. The van der Waals surface area contributed by atoms with Crippen molar-refractivity contribution >= 4 is 22.4 Å². The zero-order valence-electron chi connectivity index (χ0n) is 10.2. The quantitative estimate of drug-likeness (QED) is 0.874. The van der Waals surface area contributed by atoms with Crippen molar-refractivity contribution in [1.29, 1.82) is 0 Å². The van der Waals surface area contributed by atoms with Crippen LogP contribution in [0.2, 0.25) is 0 Å². The first-order valence-electron chi connectivity index (χ1n) is 6.47. The van der Waals surface area contributed by atoms with Crippen LogP contribution >= 0.6 is 0 Å². The monoisotopic (exact) mass is 240 g/mol. The Labute approximate surface area is 106 Å². The normalized spacial score (nSPS) is 16.0. The fraction of sp³-hybridized carbons (Fsp3) is 0.333. The molecule has 1 fully saturated rings. The summed E-state index contributed by atoms with van der Waals surface area (Å²) < 4.78 is 0. The third-order valence-corrected chi connectivity index (χ3v) is 3.63. The zero-order valence-corrected chi connectivity index (χ0v) is 10.2. The molecular weight excluding hydrogens is 224 g/mol. The first-order chi connectivity index (χ1) is 8.83. The van der Waals surface area contributed by atoms with Crippen LogP contribution in [0.25, 0.3) is 10.8 Å². The highest BCUT2D eigenvalue weighted by atomic mass is 16.1. The summed E-state index contributed by atoms with van der Waals surface area (Å²) in [6.45, 7) is 0. The molecule has 0 spiro atoms. The van der Waals surface area contributed by atoms with Gasteiger partial charge in [-0.05, 0) is 36.4 Å². The Morgan fingerprint density at radius 1 is 1.17 bits per heavy atom. The van der Waals surface area contributed by atoms with E-state index in [1.807, 2.05) is 30.5 Å². The molecule has 0 radical (unpaired) electrons. The molecule has 1 aromatic carbocycles. The number of hydrogen-bond acceptors (Lipinski definition) is 2. The van der Waals surface area contributed by atoms with Gasteiger partial charge < -0.3 is 5.32 Å². The maximum absolute atomic E-state index is 12.0. The van der Waals surface area contributed by atoms with Crippen LogP contribution in [0.4, 0.5) is 5.69 Å². The maximum Gasteiger partial charge on any atom is 0.227 e. The lowest BCUT2D eigenvalue weighted by Gasteiger charge is -2.10. The third kappa shape index (κ3) is 2.21. The second-order valence-electron chi connectivity index (χ2n) is 4.91. The van der Waals surface area contributed by atoms with Gasteiger partial charge in [0, 0.05) is 29.4 Å². The lowest BCUT2D eigenvalue weighted by molar-refractivity contribution is -0.119. The molecule has 3 rings (SSSR count). The molecule has 1 aliphatic rings. The highest BCUT2D eigenvalue weighted by Crippen LogP contribution is 2.26. The fourth-order valence-corrected chi connectivity index (χ4v) is 2.59. The number of carbonyl (C=O) groups is 1. The van der Waals surface area contributed by atoms with Crippen molar-refractivity contribution in [3.8, 4) is 0 Å². The predicted molar refractivity (Wildman–Crippen MR) is 72.3 cm³/mol. The number of anilines is 1. The Morgan fingerprint density at radius 2 is 2.00 bits per heavy atom. The molecule has 0 saturated heterocycles. The summed E-state index contributed by atoms with van der Waals surface area (Å²) in [5.41, 5.74) is 0.880. The van der Waals surface area contributed by atoms with Gasteiger partial charge in [-0.25, -0.2) is 0 Å². The number of fused-ring (bicyclic) bond motifs is 1. The molecule has 1 aromatic heterocycles. The van der Waals surface area contributed by atoms with Crippen LogP contribution in [0.3, 0.4) is 0 Å². The SMILES string of the molecule is O=C(Nc1ccc2cnccc2c1)C1CCCC1. The number of amides is 1. The Hall–Kier alpha value is -1.90. The van der Waals surface area contributed by atoms with Crippen LogP contribution in [0.5, 0.6) is 0 Å². The van der Waals surface area contributed by atoms with Crippen molar-refractivity contribution in [2.75, 3.05) is 5.32 Å². The molecule has 1 aliphatic carbocycles. The number of rotatable bonds is 2. The molecule has 1 heterocycles. The summed E-state index contributed by atoms with van der Waals surface area (Å²) in [6, 6.07) is 7.90. The van der Waals surface area contributed by atoms with Crippen LogP contribution in [0.1, 0.15) is 25.7 Å². The molecular formula is C15H16N2O. The number of carbonyl (C=O) groups excluding carboxylic acids is 1. The van der Waals surface area contributed by atoms with Gasteiger partial charge >= 0.3 is 0 Å². The number of nitrogens with one attached hydrogen (secondary N) is 1. The maximum atomic E-state index is 12.0. The van der Waals surface area contributed by atoms with Crippen LogP contribution in [0.15, 0.2) is 36.7 Å². The van der Waals surface area contributed by atoms with Crippen molar-refractivity contribution in [2.45, 2.75) is 25.7 Å². The molecule has 18 heavy (non-hydrogen) atoms. The molecule has 1 amide bonds. The van der Waals surface area contributed by atoms with Crippen molar-refractivity contribution in [3.63, 3.8) is 0 Å². The van der Waals surface area contributed by atoms with E-state index < -0.39 is 0 Å². The lowest BCUT2D eigenvalue weighted by atomic mass is 10.1. The highest BCUT2D eigenvalue weighted by molar-refractivity contribution is 5.95. The molecule has 1 saturated carbocycles. The van der Waals surface area contributed by atoms with E-state index in [0.717, 1.165) is 29.3 Å². The summed E-state index contributed by atoms with van der Waals surface area (Å²) in [4.78, 5) is 16.1. The molecule has 0 bridgehead atoms. The van der Waals surface area contributed by atoms with Gasteiger partial charge in [0.1, 0.15) is 0 Å². The average molecular weight is 240 g/mol. The van der Waals surface area contributed by atoms with E-state index in [-0.39, 0.29) is 11.8 Å². The Balaban J connectivity index is 1.79. The molecule has 0 atom stereocenters. The van der Waals surface area contributed by atoms with E-state index in [0.29, 0.717) is 0 Å². The number of hydrogen-bond donors (Lipinski definition) is 1. The van der Waals surface area contributed by atoms with E-state index in [1.165, 1.54) is 12.8 Å². The summed E-state index contributed by atoms with van der Waals surface area (Å²) >= 11 is 0. The van der Waals surface area contributed by atoms with Gasteiger partial charge in [0.15, 0.2) is 0 Å². The largest absolute Gasteiger partial charge is 0.326 e. The molecule has 0 unspecified atom stereocenters. The first-order valence-corrected chi connectivity index (χ1v) is 6.47. The van der Waals surface area contributed by atoms with E-state index in [9.17, 15) is 4.79 Å². The summed E-state index contributed by atoms with van der Waals surface area (Å²) in [6.07, 6.45) is 8.03. The van der Waals surface area contributed by atoms with Crippen molar-refractivity contribution in [3.05, 3.63) is 36.7 Å². The smallest absolute Gasteiger partial charge is 0.227 e. The summed E-state index contributed by atoms with van der Waals surface area (Å²) in [5, 5.41) is 5.22. The number of pyridine rings is 1. The van der Waals surface area contributed by atoms with Crippen molar-refractivity contribution in [1.82, 2.24) is 4.98 Å². The first kappa shape index (κ1) is 11.2. The van der Waals surface area contributed by atoms with Gasteiger partial charge in [0.2, 0.25) is 5.91 Å². The molecule has 0 aliphatic heterocycles. The van der Waals surface area contributed by atoms with Crippen LogP contribution in [-0.2, 0) is 4.79 Å². The van der Waals surface area contributed by atoms with Crippen LogP contribution in [-0.4, -0.2) is 10.9 Å². The topological polar surface area (TPSA) is 42.0 Å². The minimum atomic E-state index is 0.168. The minimum absolute atomic E-state index is 0.168. The van der Waals surface area contributed by atoms with Crippen molar-refractivity contribution in [2.24, 2.45) is 5.92 Å².